The van der Waals surface area contributed by atoms with Gasteiger partial charge < -0.3 is 14.1 Å². The zero-order chi connectivity index (χ0) is 27.4. The number of nitrogens with zero attached hydrogens (tertiary/aromatic N) is 2. The molecule has 0 bridgehead atoms. The maximum absolute atomic E-state index is 13.2. The number of rotatable bonds is 10. The lowest BCUT2D eigenvalue weighted by Gasteiger charge is -2.10. The summed E-state index contributed by atoms with van der Waals surface area (Å²) in [6.45, 7) is 7.30. The third-order valence-electron chi connectivity index (χ3n) is 6.77. The molecule has 39 heavy (non-hydrogen) atoms. The van der Waals surface area contributed by atoms with Crippen LogP contribution in [-0.4, -0.2) is 35.2 Å². The Labute approximate surface area is 231 Å². The zero-order valence-electron chi connectivity index (χ0n) is 22.3. The number of carbonyl (C=O) groups is 2. The molecule has 0 radical (unpaired) electrons. The molecule has 0 saturated heterocycles. The molecular formula is C32H30N2O4S. The van der Waals surface area contributed by atoms with Crippen LogP contribution < -0.4 is 0 Å². The molecule has 0 aliphatic rings. The van der Waals surface area contributed by atoms with Crippen LogP contribution in [0.25, 0.3) is 21.8 Å². The van der Waals surface area contributed by atoms with Gasteiger partial charge in [-0.1, -0.05) is 41.6 Å². The smallest absolute Gasteiger partial charge is 0.331 e. The number of hydrogen-bond donors (Lipinski definition) is 0. The van der Waals surface area contributed by atoms with Gasteiger partial charge >= 0.3 is 5.97 Å². The van der Waals surface area contributed by atoms with Gasteiger partial charge in [-0.2, -0.15) is 0 Å². The molecule has 3 aromatic carbocycles. The van der Waals surface area contributed by atoms with Crippen molar-refractivity contribution in [3.8, 4) is 0 Å². The monoisotopic (exact) mass is 538 g/mol. The van der Waals surface area contributed by atoms with Crippen LogP contribution in [0.15, 0.2) is 83.3 Å². The number of ketones is 1. The van der Waals surface area contributed by atoms with E-state index in [1.165, 1.54) is 18.3 Å². The molecule has 6 nitrogen and oxygen atoms in total. The summed E-state index contributed by atoms with van der Waals surface area (Å²) in [5, 5.41) is 8.14. The van der Waals surface area contributed by atoms with Crippen molar-refractivity contribution in [3.05, 3.63) is 105 Å². The van der Waals surface area contributed by atoms with E-state index in [0.29, 0.717) is 42.3 Å². The minimum absolute atomic E-state index is 0.00920. The lowest BCUT2D eigenvalue weighted by Crippen LogP contribution is -2.09. The van der Waals surface area contributed by atoms with Gasteiger partial charge in [-0.15, -0.1) is 11.3 Å². The minimum atomic E-state index is -0.470. The Morgan fingerprint density at radius 3 is 2.31 bits per heavy atom. The Kier molecular flexibility index (Phi) is 8.00. The fraction of sp³-hybridized carbons (Fsp3) is 0.219. The molecule has 0 atom stereocenters. The molecular weight excluding hydrogens is 508 g/mol. The number of hydrogen-bond acceptors (Lipinski definition) is 6. The van der Waals surface area contributed by atoms with Crippen molar-refractivity contribution in [1.82, 2.24) is 4.57 Å². The van der Waals surface area contributed by atoms with E-state index < -0.39 is 5.97 Å². The van der Waals surface area contributed by atoms with Crippen LogP contribution in [0, 0.1) is 6.92 Å². The highest BCUT2D eigenvalue weighted by molar-refractivity contribution is 7.12. The van der Waals surface area contributed by atoms with E-state index in [2.05, 4.69) is 40.9 Å². The van der Waals surface area contributed by atoms with Crippen molar-refractivity contribution < 1.29 is 19.2 Å². The first kappa shape index (κ1) is 26.5. The largest absolute Gasteiger partial charge is 0.380 e. The summed E-state index contributed by atoms with van der Waals surface area (Å²) in [7, 11) is 0. The van der Waals surface area contributed by atoms with E-state index in [1.54, 1.807) is 0 Å². The van der Waals surface area contributed by atoms with Crippen LogP contribution in [0.3, 0.4) is 0 Å². The highest BCUT2D eigenvalue weighted by Crippen LogP contribution is 2.32. The van der Waals surface area contributed by atoms with Crippen molar-refractivity contribution in [3.63, 3.8) is 0 Å². The zero-order valence-corrected chi connectivity index (χ0v) is 23.1. The average Bonchev–Trinajstić information content (AvgIpc) is 3.58. The number of thiophene rings is 1. The van der Waals surface area contributed by atoms with Crippen LogP contribution in [0.4, 0.5) is 0 Å². The second-order valence-electron chi connectivity index (χ2n) is 9.34. The number of benzene rings is 3. The number of fused-ring (bicyclic) bond motifs is 3. The molecule has 0 amide bonds. The molecule has 5 rings (SSSR count). The van der Waals surface area contributed by atoms with Gasteiger partial charge in [0.2, 0.25) is 5.78 Å². The second-order valence-corrected chi connectivity index (χ2v) is 10.3. The van der Waals surface area contributed by atoms with E-state index in [0.717, 1.165) is 38.5 Å². The van der Waals surface area contributed by atoms with Crippen molar-refractivity contribution >= 4 is 50.6 Å². The van der Waals surface area contributed by atoms with Crippen LogP contribution in [0.5, 0.6) is 0 Å². The first-order valence-electron chi connectivity index (χ1n) is 13.0. The van der Waals surface area contributed by atoms with Crippen molar-refractivity contribution in [1.29, 1.82) is 0 Å². The lowest BCUT2D eigenvalue weighted by atomic mass is 9.97. The molecule has 198 valence electrons. The summed E-state index contributed by atoms with van der Waals surface area (Å²) in [5.74, 6) is -0.461. The molecule has 0 unspecified atom stereocenters. The number of oxime groups is 1. The highest BCUT2D eigenvalue weighted by Gasteiger charge is 2.18. The second kappa shape index (κ2) is 11.8. The fourth-order valence-electron chi connectivity index (χ4n) is 4.81. The quantitative estimate of drug-likeness (QED) is 0.0635. The molecule has 0 saturated carbocycles. The van der Waals surface area contributed by atoms with E-state index in [9.17, 15) is 9.59 Å². The summed E-state index contributed by atoms with van der Waals surface area (Å²) in [4.78, 5) is 30.6. The lowest BCUT2D eigenvalue weighted by molar-refractivity contribution is -0.140. The van der Waals surface area contributed by atoms with Gasteiger partial charge in [-0.3, -0.25) is 4.79 Å². The van der Waals surface area contributed by atoms with E-state index in [-0.39, 0.29) is 5.78 Å². The first-order valence-corrected chi connectivity index (χ1v) is 13.9. The highest BCUT2D eigenvalue weighted by atomic mass is 32.1. The third-order valence-corrected chi connectivity index (χ3v) is 7.64. The summed E-state index contributed by atoms with van der Waals surface area (Å²) >= 11 is 1.44. The summed E-state index contributed by atoms with van der Waals surface area (Å²) in [6, 6.07) is 23.9. The number of aryl methyl sites for hydroxylation is 1. The third kappa shape index (κ3) is 5.70. The number of aromatic nitrogens is 1. The predicted octanol–water partition coefficient (Wildman–Crippen LogP) is 6.94. The Bertz CT molecular complexity index is 1680. The molecule has 0 fully saturated rings. The van der Waals surface area contributed by atoms with Crippen LogP contribution in [-0.2, 0) is 27.3 Å². The van der Waals surface area contributed by atoms with Gasteiger partial charge in [0, 0.05) is 59.4 Å². The molecule has 0 aliphatic heterocycles. The Morgan fingerprint density at radius 1 is 0.923 bits per heavy atom. The van der Waals surface area contributed by atoms with Gasteiger partial charge in [-0.05, 0) is 66.8 Å². The fourth-order valence-corrected chi connectivity index (χ4v) is 5.50. The van der Waals surface area contributed by atoms with Gasteiger partial charge in [0.05, 0.1) is 17.2 Å². The maximum Gasteiger partial charge on any atom is 0.331 e. The Morgan fingerprint density at radius 2 is 1.64 bits per heavy atom. The molecule has 2 heterocycles. The summed E-state index contributed by atoms with van der Waals surface area (Å²) in [6.07, 6.45) is 0.510. The van der Waals surface area contributed by atoms with Crippen molar-refractivity contribution in [2.24, 2.45) is 5.16 Å². The number of ether oxygens (including phenoxy) is 1. The molecule has 2 aromatic heterocycles. The van der Waals surface area contributed by atoms with Crippen LogP contribution in [0.2, 0.25) is 0 Å². The first-order chi connectivity index (χ1) is 19.0. The predicted molar refractivity (Wildman–Crippen MR) is 157 cm³/mol. The molecule has 0 N–H and O–H groups in total. The number of carbonyl (C=O) groups excluding carboxylic acids is 2. The maximum atomic E-state index is 13.2. The van der Waals surface area contributed by atoms with Gasteiger partial charge in [-0.25, -0.2) is 4.79 Å². The molecule has 0 spiro atoms. The summed E-state index contributed by atoms with van der Waals surface area (Å²) < 4.78 is 7.90. The SMILES string of the molecule is CCOCCn1c2ccc(C(=O)c3cccs3)cc2c2cc(/C(Cc3ccccc3C)=N/OC(C)=O)ccc21. The van der Waals surface area contributed by atoms with E-state index in [4.69, 9.17) is 9.57 Å². The standard InChI is InChI=1S/C32H30N2O4S/c1-4-37-16-15-34-29-13-11-24(28(33-38-22(3)35)20-23-9-6-5-8-21(23)2)18-26(29)27-19-25(12-14-30(27)34)32(36)31-10-7-17-39-31/h5-14,17-19H,4,15-16,20H2,1-3H3/b33-28+. The van der Waals surface area contributed by atoms with Gasteiger partial charge in [0.1, 0.15) is 0 Å². The van der Waals surface area contributed by atoms with Crippen LogP contribution in [0.1, 0.15) is 45.8 Å². The minimum Gasteiger partial charge on any atom is -0.380 e. The van der Waals surface area contributed by atoms with E-state index in [1.807, 2.05) is 60.8 Å². The normalized spacial score (nSPS) is 11.8. The van der Waals surface area contributed by atoms with Crippen molar-refractivity contribution in [2.75, 3.05) is 13.2 Å². The van der Waals surface area contributed by atoms with E-state index >= 15 is 0 Å². The van der Waals surface area contributed by atoms with Crippen molar-refractivity contribution in [2.45, 2.75) is 33.7 Å². The van der Waals surface area contributed by atoms with Gasteiger partial charge in [0.25, 0.3) is 0 Å². The topological polar surface area (TPSA) is 69.9 Å². The van der Waals surface area contributed by atoms with Crippen LogP contribution >= 0.6 is 11.3 Å². The average molecular weight is 539 g/mol. The Hall–Kier alpha value is -4.07. The summed E-state index contributed by atoms with van der Waals surface area (Å²) in [5.41, 5.74) is 6.46. The molecule has 7 heteroatoms. The molecule has 0 aliphatic carbocycles. The molecule has 5 aromatic rings. The van der Waals surface area contributed by atoms with Gasteiger partial charge in [0.15, 0.2) is 0 Å². The Balaban J connectivity index is 1.65.